The van der Waals surface area contributed by atoms with Crippen LogP contribution in [-0.2, 0) is 4.79 Å². The molecule has 1 rings (SSSR count). The van der Waals surface area contributed by atoms with Crippen LogP contribution in [-0.4, -0.2) is 41.0 Å². The van der Waals surface area contributed by atoms with Gasteiger partial charge in [0.1, 0.15) is 0 Å². The predicted octanol–water partition coefficient (Wildman–Crippen LogP) is 1.10. The van der Waals surface area contributed by atoms with Crippen molar-refractivity contribution in [2.75, 3.05) is 13.1 Å². The zero-order valence-electron chi connectivity index (χ0n) is 11.8. The number of piperidine rings is 1. The summed E-state index contributed by atoms with van der Waals surface area (Å²) in [6, 6.07) is 0.184. The van der Waals surface area contributed by atoms with Gasteiger partial charge < -0.3 is 16.0 Å². The summed E-state index contributed by atoms with van der Waals surface area (Å²) in [5.74, 6) is 0.175. The Labute approximate surface area is 105 Å². The van der Waals surface area contributed by atoms with E-state index in [9.17, 15) is 4.79 Å². The van der Waals surface area contributed by atoms with E-state index in [1.807, 2.05) is 11.8 Å². The third kappa shape index (κ3) is 3.19. The van der Waals surface area contributed by atoms with Gasteiger partial charge in [-0.05, 0) is 47.1 Å². The van der Waals surface area contributed by atoms with Crippen molar-refractivity contribution in [3.05, 3.63) is 0 Å². The van der Waals surface area contributed by atoms with Gasteiger partial charge in [-0.3, -0.25) is 4.79 Å². The lowest BCUT2D eigenvalue weighted by atomic mass is 9.77. The lowest BCUT2D eigenvalue weighted by Gasteiger charge is -2.54. The van der Waals surface area contributed by atoms with Gasteiger partial charge in [0, 0.05) is 17.1 Å². The Balaban J connectivity index is 2.88. The van der Waals surface area contributed by atoms with Crippen LogP contribution in [0.4, 0.5) is 0 Å². The van der Waals surface area contributed by atoms with Gasteiger partial charge in [-0.1, -0.05) is 6.92 Å². The average Bonchev–Trinajstić information content (AvgIpc) is 2.09. The summed E-state index contributed by atoms with van der Waals surface area (Å²) in [6.07, 6.45) is 1.74. The third-order valence-electron chi connectivity index (χ3n) is 3.51. The first kappa shape index (κ1) is 14.5. The van der Waals surface area contributed by atoms with E-state index in [4.69, 9.17) is 5.73 Å². The number of amides is 1. The first-order valence-electron chi connectivity index (χ1n) is 6.50. The summed E-state index contributed by atoms with van der Waals surface area (Å²) in [7, 11) is 0. The van der Waals surface area contributed by atoms with Gasteiger partial charge in [-0.25, -0.2) is 0 Å². The minimum Gasteiger partial charge on any atom is -0.331 e. The summed E-state index contributed by atoms with van der Waals surface area (Å²) in [6.45, 7) is 11.7. The third-order valence-corrected chi connectivity index (χ3v) is 3.51. The summed E-state index contributed by atoms with van der Waals surface area (Å²) < 4.78 is 0. The summed E-state index contributed by atoms with van der Waals surface area (Å²) in [5, 5.41) is 3.11. The van der Waals surface area contributed by atoms with Gasteiger partial charge in [0.15, 0.2) is 0 Å². The molecule has 0 saturated carbocycles. The highest BCUT2D eigenvalue weighted by atomic mass is 16.2. The van der Waals surface area contributed by atoms with Crippen molar-refractivity contribution in [1.29, 1.82) is 0 Å². The number of nitrogens with zero attached hydrogens (tertiary/aromatic N) is 1. The second kappa shape index (κ2) is 4.94. The number of nitrogens with one attached hydrogen (secondary N) is 1. The van der Waals surface area contributed by atoms with Crippen molar-refractivity contribution in [2.45, 2.75) is 64.6 Å². The molecule has 0 aliphatic carbocycles. The van der Waals surface area contributed by atoms with Crippen LogP contribution in [0.3, 0.4) is 0 Å². The van der Waals surface area contributed by atoms with Crippen LogP contribution in [0.1, 0.15) is 47.5 Å². The molecule has 1 amide bonds. The maximum absolute atomic E-state index is 12.3. The minimum atomic E-state index is -0.159. The summed E-state index contributed by atoms with van der Waals surface area (Å²) >= 11 is 0. The van der Waals surface area contributed by atoms with E-state index in [0.29, 0.717) is 6.54 Å². The summed E-state index contributed by atoms with van der Waals surface area (Å²) in [4.78, 5) is 14.3. The van der Waals surface area contributed by atoms with Crippen LogP contribution in [0, 0.1) is 0 Å². The maximum atomic E-state index is 12.3. The molecular weight excluding hydrogens is 214 g/mol. The molecule has 1 saturated heterocycles. The van der Waals surface area contributed by atoms with E-state index in [0.717, 1.165) is 19.4 Å². The van der Waals surface area contributed by atoms with E-state index in [2.05, 4.69) is 33.0 Å². The van der Waals surface area contributed by atoms with Crippen molar-refractivity contribution in [3.63, 3.8) is 0 Å². The van der Waals surface area contributed by atoms with Crippen LogP contribution >= 0.6 is 0 Å². The molecule has 3 N–H and O–H groups in total. The van der Waals surface area contributed by atoms with E-state index >= 15 is 0 Å². The maximum Gasteiger partial charge on any atom is 0.237 e. The summed E-state index contributed by atoms with van der Waals surface area (Å²) in [5.41, 5.74) is 5.78. The van der Waals surface area contributed by atoms with Crippen LogP contribution in [0.15, 0.2) is 0 Å². The Morgan fingerprint density at radius 3 is 2.18 bits per heavy atom. The second-order valence-corrected chi connectivity index (χ2v) is 6.30. The molecule has 0 atom stereocenters. The molecule has 0 spiro atoms. The van der Waals surface area contributed by atoms with Gasteiger partial charge in [-0.15, -0.1) is 0 Å². The molecule has 0 aromatic rings. The fraction of sp³-hybridized carbons (Fsp3) is 0.923. The number of likely N-dealkylation sites (tertiary alicyclic amines) is 1. The smallest absolute Gasteiger partial charge is 0.237 e. The second-order valence-electron chi connectivity index (χ2n) is 6.30. The van der Waals surface area contributed by atoms with Crippen LogP contribution in [0.2, 0.25) is 0 Å². The molecule has 0 unspecified atom stereocenters. The largest absolute Gasteiger partial charge is 0.331 e. The van der Waals surface area contributed by atoms with Gasteiger partial charge in [0.25, 0.3) is 0 Å². The van der Waals surface area contributed by atoms with E-state index in [1.54, 1.807) is 0 Å². The number of nitrogens with two attached hydrogens (primary N) is 1. The first-order chi connectivity index (χ1) is 7.70. The molecule has 100 valence electrons. The molecule has 0 radical (unpaired) electrons. The Hall–Kier alpha value is -0.610. The number of carbonyl (C=O) groups excluding carboxylic acids is 1. The van der Waals surface area contributed by atoms with Gasteiger partial charge in [-0.2, -0.15) is 0 Å². The van der Waals surface area contributed by atoms with Crippen LogP contribution in [0.25, 0.3) is 0 Å². The molecule has 0 aromatic heterocycles. The van der Waals surface area contributed by atoms with Crippen molar-refractivity contribution in [3.8, 4) is 0 Å². The highest BCUT2D eigenvalue weighted by molar-refractivity contribution is 5.80. The van der Waals surface area contributed by atoms with Crippen molar-refractivity contribution in [1.82, 2.24) is 10.2 Å². The molecule has 1 fully saturated rings. The van der Waals surface area contributed by atoms with Crippen LogP contribution in [0.5, 0.6) is 0 Å². The normalized spacial score (nSPS) is 23.8. The van der Waals surface area contributed by atoms with E-state index < -0.39 is 0 Å². The Morgan fingerprint density at radius 1 is 1.29 bits per heavy atom. The molecule has 4 heteroatoms. The van der Waals surface area contributed by atoms with Gasteiger partial charge >= 0.3 is 0 Å². The van der Waals surface area contributed by atoms with Crippen molar-refractivity contribution >= 4 is 5.91 Å². The Kier molecular flexibility index (Phi) is 4.20. The van der Waals surface area contributed by atoms with E-state index in [-0.39, 0.29) is 23.0 Å². The Bertz CT molecular complexity index is 268. The average molecular weight is 241 g/mol. The number of hydrogen-bond acceptors (Lipinski definition) is 3. The zero-order chi connectivity index (χ0) is 13.3. The highest BCUT2D eigenvalue weighted by Crippen LogP contribution is 2.37. The van der Waals surface area contributed by atoms with Crippen molar-refractivity contribution < 1.29 is 4.79 Å². The molecule has 4 nitrogen and oxygen atoms in total. The molecule has 1 aliphatic heterocycles. The topological polar surface area (TPSA) is 58.4 Å². The fourth-order valence-corrected chi connectivity index (χ4v) is 3.34. The quantitative estimate of drug-likeness (QED) is 0.778. The monoisotopic (exact) mass is 241 g/mol. The van der Waals surface area contributed by atoms with Gasteiger partial charge in [0.05, 0.1) is 6.54 Å². The zero-order valence-corrected chi connectivity index (χ0v) is 11.8. The highest BCUT2D eigenvalue weighted by Gasteiger charge is 2.46. The number of carbonyl (C=O) groups is 1. The molecule has 1 heterocycles. The van der Waals surface area contributed by atoms with Crippen LogP contribution < -0.4 is 11.1 Å². The minimum absolute atomic E-state index is 0.159. The number of rotatable bonds is 3. The Morgan fingerprint density at radius 2 is 1.76 bits per heavy atom. The molecule has 1 aliphatic rings. The first-order valence-corrected chi connectivity index (χ1v) is 6.50. The van der Waals surface area contributed by atoms with Gasteiger partial charge in [0.2, 0.25) is 5.91 Å². The predicted molar refractivity (Wildman–Crippen MR) is 70.8 cm³/mol. The van der Waals surface area contributed by atoms with Crippen molar-refractivity contribution in [2.24, 2.45) is 5.73 Å². The molecular formula is C13H27N3O. The van der Waals surface area contributed by atoms with E-state index in [1.165, 1.54) is 0 Å². The SMILES string of the molecule is CCNCC(=O)N1C(C)(C)CC(N)CC1(C)C. The lowest BCUT2D eigenvalue weighted by molar-refractivity contribution is -0.148. The molecule has 0 aromatic carbocycles. The number of likely N-dealkylation sites (N-methyl/N-ethyl adjacent to an activating group) is 1. The fourth-order valence-electron chi connectivity index (χ4n) is 3.34. The standard InChI is InChI=1S/C13H27N3O/c1-6-15-9-11(17)16-12(2,3)7-10(14)8-13(16,4)5/h10,15H,6-9,14H2,1-5H3. The lowest BCUT2D eigenvalue weighted by Crippen LogP contribution is -2.66. The number of hydrogen-bond donors (Lipinski definition) is 2. The molecule has 0 bridgehead atoms. The molecule has 17 heavy (non-hydrogen) atoms.